The maximum atomic E-state index is 12.1. The van der Waals surface area contributed by atoms with Crippen LogP contribution >= 0.6 is 0 Å². The monoisotopic (exact) mass is 262 g/mol. The van der Waals surface area contributed by atoms with Crippen LogP contribution in [-0.2, 0) is 0 Å². The average Bonchev–Trinajstić information content (AvgIpc) is 3.17. The summed E-state index contributed by atoms with van der Waals surface area (Å²) in [5.74, 6) is 2.99. The van der Waals surface area contributed by atoms with Crippen molar-refractivity contribution in [1.82, 2.24) is 10.2 Å². The molecule has 0 bridgehead atoms. The molecule has 0 radical (unpaired) electrons. The fraction of sp³-hybridized carbons (Fsp3) is 1.00. The minimum atomic E-state index is -4.00. The normalized spacial score (nSPS) is 35.8. The van der Waals surface area contributed by atoms with Crippen LogP contribution in [0.25, 0.3) is 0 Å². The smallest absolute Gasteiger partial charge is 0.316 e. The molecule has 0 aromatic heterocycles. The highest BCUT2D eigenvalue weighted by Crippen LogP contribution is 2.51. The van der Waals surface area contributed by atoms with Gasteiger partial charge in [0.15, 0.2) is 0 Å². The minimum Gasteiger partial charge on any atom is -0.316 e. The molecule has 1 N–H and O–H groups in total. The molecule has 1 aliphatic heterocycles. The summed E-state index contributed by atoms with van der Waals surface area (Å²) in [7, 11) is 0. The largest absolute Gasteiger partial charge is 0.390 e. The molecule has 5 heteroatoms. The molecule has 2 atom stereocenters. The third kappa shape index (κ3) is 3.18. The third-order valence-electron chi connectivity index (χ3n) is 4.67. The minimum absolute atomic E-state index is 0.193. The zero-order valence-electron chi connectivity index (χ0n) is 10.5. The van der Waals surface area contributed by atoms with Crippen molar-refractivity contribution in [3.8, 4) is 0 Å². The molecule has 2 saturated carbocycles. The molecule has 2 aliphatic carbocycles. The van der Waals surface area contributed by atoms with Gasteiger partial charge in [-0.05, 0) is 49.6 Å². The van der Waals surface area contributed by atoms with Gasteiger partial charge in [-0.15, -0.1) is 0 Å². The molecule has 1 saturated heterocycles. The van der Waals surface area contributed by atoms with Crippen molar-refractivity contribution in [2.75, 3.05) is 32.7 Å². The molecule has 0 aromatic carbocycles. The molecule has 2 nitrogen and oxygen atoms in total. The highest BCUT2D eigenvalue weighted by atomic mass is 19.4. The Labute approximate surface area is 106 Å². The van der Waals surface area contributed by atoms with Crippen LogP contribution in [0.4, 0.5) is 13.2 Å². The standard InChI is InChI=1S/C13H21F3N2/c14-13(15,16)3-4-18-7-11-10(12(11)8-18)6-17-5-9-1-2-9/h9-12,17H,1-8H2. The Balaban J connectivity index is 1.29. The molecule has 3 aliphatic rings. The fourth-order valence-corrected chi connectivity index (χ4v) is 3.28. The Kier molecular flexibility index (Phi) is 3.30. The van der Waals surface area contributed by atoms with Crippen LogP contribution in [0.1, 0.15) is 19.3 Å². The Morgan fingerprint density at radius 3 is 2.28 bits per heavy atom. The summed E-state index contributed by atoms with van der Waals surface area (Å²) in [4.78, 5) is 1.99. The number of halogens is 3. The first-order valence-corrected chi connectivity index (χ1v) is 7.03. The Bertz CT molecular complexity index is 289. The van der Waals surface area contributed by atoms with Crippen LogP contribution in [0.5, 0.6) is 0 Å². The summed E-state index contributed by atoms with van der Waals surface area (Å²) >= 11 is 0. The van der Waals surface area contributed by atoms with Gasteiger partial charge in [0, 0.05) is 19.6 Å². The number of nitrogens with one attached hydrogen (secondary N) is 1. The number of likely N-dealkylation sites (tertiary alicyclic amines) is 1. The highest BCUT2D eigenvalue weighted by molar-refractivity contribution is 5.05. The number of rotatable bonds is 6. The first kappa shape index (κ1) is 12.7. The summed E-state index contributed by atoms with van der Waals surface area (Å²) in [6.45, 7) is 4.19. The molecule has 2 unspecified atom stereocenters. The van der Waals surface area contributed by atoms with E-state index in [1.165, 1.54) is 12.8 Å². The van der Waals surface area contributed by atoms with Crippen LogP contribution in [0, 0.1) is 23.7 Å². The van der Waals surface area contributed by atoms with Crippen molar-refractivity contribution in [3.63, 3.8) is 0 Å². The molecule has 104 valence electrons. The van der Waals surface area contributed by atoms with Crippen molar-refractivity contribution in [2.45, 2.75) is 25.4 Å². The Hall–Kier alpha value is -0.290. The van der Waals surface area contributed by atoms with Crippen molar-refractivity contribution >= 4 is 0 Å². The number of piperidine rings is 1. The average molecular weight is 262 g/mol. The zero-order valence-corrected chi connectivity index (χ0v) is 10.5. The first-order valence-electron chi connectivity index (χ1n) is 7.03. The number of alkyl halides is 3. The van der Waals surface area contributed by atoms with Crippen LogP contribution in [0.2, 0.25) is 0 Å². The van der Waals surface area contributed by atoms with Gasteiger partial charge in [0.2, 0.25) is 0 Å². The van der Waals surface area contributed by atoms with Crippen LogP contribution < -0.4 is 5.32 Å². The zero-order chi connectivity index (χ0) is 12.8. The SMILES string of the molecule is FC(F)(F)CCN1CC2C(CNCC3CC3)C2C1. The van der Waals surface area contributed by atoms with Crippen molar-refractivity contribution in [2.24, 2.45) is 23.7 Å². The van der Waals surface area contributed by atoms with Gasteiger partial charge >= 0.3 is 6.18 Å². The van der Waals surface area contributed by atoms with E-state index in [0.717, 1.165) is 38.0 Å². The molecule has 0 amide bonds. The van der Waals surface area contributed by atoms with Gasteiger partial charge in [-0.1, -0.05) is 0 Å². The summed E-state index contributed by atoms with van der Waals surface area (Å²) < 4.78 is 36.3. The van der Waals surface area contributed by atoms with Gasteiger partial charge in [0.25, 0.3) is 0 Å². The molecular weight excluding hydrogens is 241 g/mol. The molecule has 1 heterocycles. The van der Waals surface area contributed by atoms with E-state index in [9.17, 15) is 13.2 Å². The van der Waals surface area contributed by atoms with Gasteiger partial charge in [-0.2, -0.15) is 13.2 Å². The summed E-state index contributed by atoms with van der Waals surface area (Å²) in [6.07, 6.45) is -1.92. The second-order valence-electron chi connectivity index (χ2n) is 6.22. The predicted molar refractivity (Wildman–Crippen MR) is 63.2 cm³/mol. The third-order valence-corrected chi connectivity index (χ3v) is 4.67. The van der Waals surface area contributed by atoms with Gasteiger partial charge in [0.05, 0.1) is 6.42 Å². The maximum absolute atomic E-state index is 12.1. The van der Waals surface area contributed by atoms with Crippen molar-refractivity contribution in [3.05, 3.63) is 0 Å². The lowest BCUT2D eigenvalue weighted by atomic mass is 10.2. The van der Waals surface area contributed by atoms with E-state index in [1.807, 2.05) is 4.90 Å². The van der Waals surface area contributed by atoms with Gasteiger partial charge in [-0.3, -0.25) is 0 Å². The molecule has 0 spiro atoms. The predicted octanol–water partition coefficient (Wildman–Crippen LogP) is 2.12. The number of hydrogen-bond acceptors (Lipinski definition) is 2. The first-order chi connectivity index (χ1) is 8.53. The molecule has 3 fully saturated rings. The lowest BCUT2D eigenvalue weighted by Crippen LogP contribution is -2.31. The Morgan fingerprint density at radius 1 is 1.06 bits per heavy atom. The summed E-state index contributed by atoms with van der Waals surface area (Å²) in [5, 5.41) is 3.51. The molecule has 3 rings (SSSR count). The molecule has 18 heavy (non-hydrogen) atoms. The molecule has 0 aromatic rings. The molecular formula is C13H21F3N2. The van der Waals surface area contributed by atoms with E-state index in [2.05, 4.69) is 5.32 Å². The summed E-state index contributed by atoms with van der Waals surface area (Å²) in [6, 6.07) is 0. The number of nitrogens with zero attached hydrogens (tertiary/aromatic N) is 1. The van der Waals surface area contributed by atoms with Gasteiger partial charge in [0.1, 0.15) is 0 Å². The van der Waals surface area contributed by atoms with Crippen LogP contribution in [-0.4, -0.2) is 43.8 Å². The Morgan fingerprint density at radius 2 is 1.72 bits per heavy atom. The lowest BCUT2D eigenvalue weighted by molar-refractivity contribution is -0.137. The quantitative estimate of drug-likeness (QED) is 0.788. The van der Waals surface area contributed by atoms with E-state index >= 15 is 0 Å². The second-order valence-corrected chi connectivity index (χ2v) is 6.22. The van der Waals surface area contributed by atoms with E-state index < -0.39 is 12.6 Å². The maximum Gasteiger partial charge on any atom is 0.390 e. The number of hydrogen-bond donors (Lipinski definition) is 1. The van der Waals surface area contributed by atoms with Crippen molar-refractivity contribution < 1.29 is 13.2 Å². The fourth-order valence-electron chi connectivity index (χ4n) is 3.28. The van der Waals surface area contributed by atoms with Gasteiger partial charge < -0.3 is 10.2 Å². The second kappa shape index (κ2) is 4.67. The topological polar surface area (TPSA) is 15.3 Å². The van der Waals surface area contributed by atoms with Crippen molar-refractivity contribution in [1.29, 1.82) is 0 Å². The highest BCUT2D eigenvalue weighted by Gasteiger charge is 2.54. The summed E-state index contributed by atoms with van der Waals surface area (Å²) in [5.41, 5.74) is 0. The number of fused-ring (bicyclic) bond motifs is 1. The van der Waals surface area contributed by atoms with E-state index in [4.69, 9.17) is 0 Å². The lowest BCUT2D eigenvalue weighted by Gasteiger charge is -2.20. The van der Waals surface area contributed by atoms with Gasteiger partial charge in [-0.25, -0.2) is 0 Å². The van der Waals surface area contributed by atoms with E-state index in [-0.39, 0.29) is 6.54 Å². The van der Waals surface area contributed by atoms with E-state index in [1.54, 1.807) is 0 Å². The van der Waals surface area contributed by atoms with Crippen LogP contribution in [0.3, 0.4) is 0 Å². The van der Waals surface area contributed by atoms with Crippen LogP contribution in [0.15, 0.2) is 0 Å². The van der Waals surface area contributed by atoms with E-state index in [0.29, 0.717) is 11.8 Å².